The second kappa shape index (κ2) is 10.6. The van der Waals surface area contributed by atoms with E-state index in [1.165, 1.54) is 0 Å². The highest BCUT2D eigenvalue weighted by Gasteiger charge is 2.15. The molecule has 4 aromatic carbocycles. The Morgan fingerprint density at radius 1 is 0.800 bits per heavy atom. The summed E-state index contributed by atoms with van der Waals surface area (Å²) in [7, 11) is 0. The van der Waals surface area contributed by atoms with E-state index >= 15 is 0 Å². The summed E-state index contributed by atoms with van der Waals surface area (Å²) in [4.78, 5) is 0. The molecule has 35 heavy (non-hydrogen) atoms. The largest absolute Gasteiger partial charge is 0.489 e. The zero-order valence-corrected chi connectivity index (χ0v) is 20.4. The van der Waals surface area contributed by atoms with E-state index in [1.54, 1.807) is 4.68 Å². The summed E-state index contributed by atoms with van der Waals surface area (Å²) >= 11 is 12.1. The van der Waals surface area contributed by atoms with Gasteiger partial charge in [-0.1, -0.05) is 66.2 Å². The van der Waals surface area contributed by atoms with Crippen LogP contribution in [0, 0.1) is 4.77 Å². The van der Waals surface area contributed by atoms with E-state index in [0.717, 1.165) is 34.1 Å². The van der Waals surface area contributed by atoms with Crippen LogP contribution in [0.4, 0.5) is 5.69 Å². The van der Waals surface area contributed by atoms with Crippen molar-refractivity contribution in [2.45, 2.75) is 13.3 Å². The predicted octanol–water partition coefficient (Wildman–Crippen LogP) is 7.37. The number of nitrogens with one attached hydrogen (secondary N) is 1. The summed E-state index contributed by atoms with van der Waals surface area (Å²) in [6.45, 7) is 0.855. The van der Waals surface area contributed by atoms with E-state index in [4.69, 9.17) is 33.7 Å². The van der Waals surface area contributed by atoms with Gasteiger partial charge < -0.3 is 10.1 Å². The summed E-state index contributed by atoms with van der Waals surface area (Å²) in [6.07, 6.45) is 0. The molecule has 5 nitrogen and oxygen atoms in total. The van der Waals surface area contributed by atoms with Crippen LogP contribution in [0.2, 0.25) is 5.02 Å². The van der Waals surface area contributed by atoms with E-state index in [9.17, 15) is 0 Å². The van der Waals surface area contributed by atoms with Crippen molar-refractivity contribution in [3.63, 3.8) is 0 Å². The number of rotatable bonds is 8. The molecule has 1 N–H and O–H groups in total. The molecule has 7 heteroatoms. The molecule has 0 bridgehead atoms. The van der Waals surface area contributed by atoms with Gasteiger partial charge in [-0.25, -0.2) is 4.68 Å². The molecule has 5 rings (SSSR count). The maximum Gasteiger partial charge on any atom is 0.204 e. The SMILES string of the molecule is S=c1n(CNc2ccccc2)nc(-c2ccc(OCc3ccccc3Cl)cc2)n1-c1ccccc1. The number of nitrogens with zero attached hydrogens (tertiary/aromatic N) is 3. The Hall–Kier alpha value is -3.87. The van der Waals surface area contributed by atoms with Crippen molar-refractivity contribution in [1.29, 1.82) is 0 Å². The van der Waals surface area contributed by atoms with Crippen molar-refractivity contribution < 1.29 is 4.74 Å². The zero-order valence-electron chi connectivity index (χ0n) is 18.8. The fourth-order valence-electron chi connectivity index (χ4n) is 3.71. The van der Waals surface area contributed by atoms with Crippen molar-refractivity contribution in [1.82, 2.24) is 14.3 Å². The lowest BCUT2D eigenvalue weighted by Crippen LogP contribution is -2.10. The standard InChI is InChI=1S/C28H23ClN4OS/c29-26-14-8-7-9-22(26)19-34-25-17-15-21(16-18-25)27-31-32(20-30-23-10-3-1-4-11-23)28(35)33(27)24-12-5-2-6-13-24/h1-18,30H,19-20H2. The van der Waals surface area contributed by atoms with Crippen molar-refractivity contribution >= 4 is 29.5 Å². The average Bonchev–Trinajstić information content (AvgIpc) is 3.24. The number of ether oxygens (including phenoxy) is 1. The number of hydrogen-bond acceptors (Lipinski definition) is 4. The van der Waals surface area contributed by atoms with Crippen molar-refractivity contribution in [3.8, 4) is 22.8 Å². The molecule has 0 aliphatic rings. The van der Waals surface area contributed by atoms with Gasteiger partial charge in [-0.2, -0.15) is 0 Å². The quantitative estimate of drug-likeness (QED) is 0.227. The fraction of sp³-hybridized carbons (Fsp3) is 0.0714. The van der Waals surface area contributed by atoms with Gasteiger partial charge in [0, 0.05) is 27.5 Å². The van der Waals surface area contributed by atoms with Crippen LogP contribution in [0.15, 0.2) is 109 Å². The van der Waals surface area contributed by atoms with Gasteiger partial charge in [0.1, 0.15) is 19.0 Å². The molecule has 174 valence electrons. The molecule has 0 aliphatic carbocycles. The predicted molar refractivity (Wildman–Crippen MR) is 144 cm³/mol. The molecule has 1 heterocycles. The van der Waals surface area contributed by atoms with Gasteiger partial charge in [0.2, 0.25) is 4.77 Å². The normalized spacial score (nSPS) is 10.8. The summed E-state index contributed by atoms with van der Waals surface area (Å²) in [5, 5.41) is 8.94. The zero-order chi connectivity index (χ0) is 24.0. The van der Waals surface area contributed by atoms with Crippen LogP contribution in [0.1, 0.15) is 5.56 Å². The first kappa shape index (κ1) is 22.9. The maximum absolute atomic E-state index is 6.24. The van der Waals surface area contributed by atoms with E-state index in [1.807, 2.05) is 114 Å². The van der Waals surface area contributed by atoms with Crippen LogP contribution in [-0.2, 0) is 13.3 Å². The lowest BCUT2D eigenvalue weighted by atomic mass is 10.2. The minimum atomic E-state index is 0.402. The summed E-state index contributed by atoms with van der Waals surface area (Å²) in [5.74, 6) is 1.51. The third-order valence-corrected chi connectivity index (χ3v) is 6.29. The van der Waals surface area contributed by atoms with Crippen molar-refractivity contribution in [2.75, 3.05) is 5.32 Å². The third kappa shape index (κ3) is 5.29. The minimum Gasteiger partial charge on any atom is -0.489 e. The van der Waals surface area contributed by atoms with Crippen LogP contribution >= 0.6 is 23.8 Å². The molecule has 0 saturated heterocycles. The lowest BCUT2D eigenvalue weighted by Gasteiger charge is -2.09. The molecule has 0 atom stereocenters. The van der Waals surface area contributed by atoms with E-state index in [-0.39, 0.29) is 0 Å². The Morgan fingerprint density at radius 2 is 1.46 bits per heavy atom. The summed E-state index contributed by atoms with van der Waals surface area (Å²) < 4.78 is 10.3. The van der Waals surface area contributed by atoms with Gasteiger partial charge >= 0.3 is 0 Å². The maximum atomic E-state index is 6.24. The molecule has 5 aromatic rings. The van der Waals surface area contributed by atoms with Crippen LogP contribution in [0.25, 0.3) is 17.1 Å². The molecule has 0 aliphatic heterocycles. The smallest absolute Gasteiger partial charge is 0.204 e. The third-order valence-electron chi connectivity index (χ3n) is 5.53. The summed E-state index contributed by atoms with van der Waals surface area (Å²) in [6, 6.07) is 35.6. The fourth-order valence-corrected chi connectivity index (χ4v) is 4.19. The highest BCUT2D eigenvalue weighted by Crippen LogP contribution is 2.26. The molecular formula is C28H23ClN4OS. The Kier molecular flexibility index (Phi) is 6.93. The van der Waals surface area contributed by atoms with Crippen molar-refractivity contribution in [3.05, 3.63) is 125 Å². The van der Waals surface area contributed by atoms with E-state index in [0.29, 0.717) is 23.1 Å². The van der Waals surface area contributed by atoms with Crippen molar-refractivity contribution in [2.24, 2.45) is 0 Å². The number of para-hydroxylation sites is 2. The number of anilines is 1. The molecule has 0 saturated carbocycles. The number of benzene rings is 4. The Labute approximate surface area is 214 Å². The molecule has 0 radical (unpaired) electrons. The molecule has 0 amide bonds. The number of hydrogen-bond donors (Lipinski definition) is 1. The van der Waals surface area contributed by atoms with Gasteiger partial charge in [0.05, 0.1) is 0 Å². The number of aromatic nitrogens is 3. The molecule has 0 unspecified atom stereocenters. The van der Waals surface area contributed by atoms with Crippen LogP contribution in [0.3, 0.4) is 0 Å². The first-order valence-corrected chi connectivity index (χ1v) is 12.0. The second-order valence-electron chi connectivity index (χ2n) is 7.88. The number of halogens is 1. The lowest BCUT2D eigenvalue weighted by molar-refractivity contribution is 0.306. The molecule has 0 spiro atoms. The van der Waals surface area contributed by atoms with Gasteiger partial charge in [-0.05, 0) is 66.8 Å². The Balaban J connectivity index is 1.42. The van der Waals surface area contributed by atoms with Crippen LogP contribution < -0.4 is 10.1 Å². The van der Waals surface area contributed by atoms with Gasteiger partial charge in [0.25, 0.3) is 0 Å². The van der Waals surface area contributed by atoms with Gasteiger partial charge in [-0.15, -0.1) is 5.10 Å². The second-order valence-corrected chi connectivity index (χ2v) is 8.65. The highest BCUT2D eigenvalue weighted by atomic mass is 35.5. The van der Waals surface area contributed by atoms with E-state index < -0.39 is 0 Å². The summed E-state index contributed by atoms with van der Waals surface area (Å²) in [5.41, 5.74) is 3.84. The topological polar surface area (TPSA) is 44.0 Å². The first-order valence-electron chi connectivity index (χ1n) is 11.2. The molecule has 0 fully saturated rings. The Morgan fingerprint density at radius 3 is 2.17 bits per heavy atom. The molecular weight excluding hydrogens is 476 g/mol. The van der Waals surface area contributed by atoms with E-state index in [2.05, 4.69) is 5.32 Å². The van der Waals surface area contributed by atoms with Crippen LogP contribution in [0.5, 0.6) is 5.75 Å². The van der Waals surface area contributed by atoms with Gasteiger partial charge in [-0.3, -0.25) is 4.57 Å². The molecule has 1 aromatic heterocycles. The van der Waals surface area contributed by atoms with Crippen LogP contribution in [-0.4, -0.2) is 14.3 Å². The minimum absolute atomic E-state index is 0.402. The highest BCUT2D eigenvalue weighted by molar-refractivity contribution is 7.71. The Bertz CT molecular complexity index is 1460. The monoisotopic (exact) mass is 498 g/mol. The first-order chi connectivity index (χ1) is 17.2. The van der Waals surface area contributed by atoms with Gasteiger partial charge in [0.15, 0.2) is 5.82 Å². The average molecular weight is 499 g/mol.